The molecule has 134 valence electrons. The summed E-state index contributed by atoms with van der Waals surface area (Å²) < 4.78 is 19.3. The molecule has 0 saturated carbocycles. The van der Waals surface area contributed by atoms with E-state index in [4.69, 9.17) is 4.74 Å². The Morgan fingerprint density at radius 2 is 1.92 bits per heavy atom. The summed E-state index contributed by atoms with van der Waals surface area (Å²) in [6, 6.07) is 12.5. The third-order valence-electron chi connectivity index (χ3n) is 3.31. The maximum atomic E-state index is 13.1. The van der Waals surface area contributed by atoms with Crippen molar-refractivity contribution < 1.29 is 18.7 Å². The van der Waals surface area contributed by atoms with E-state index in [-0.39, 0.29) is 18.3 Å². The number of nitrogens with zero attached hydrogens (tertiary/aromatic N) is 2. The van der Waals surface area contributed by atoms with Gasteiger partial charge in [0.2, 0.25) is 5.91 Å². The van der Waals surface area contributed by atoms with Gasteiger partial charge in [-0.05, 0) is 48.5 Å². The van der Waals surface area contributed by atoms with Gasteiger partial charge in [0.05, 0.1) is 11.4 Å². The van der Waals surface area contributed by atoms with Crippen molar-refractivity contribution >= 4 is 50.4 Å². The van der Waals surface area contributed by atoms with Crippen LogP contribution in [0.2, 0.25) is 0 Å². The van der Waals surface area contributed by atoms with Crippen LogP contribution in [-0.4, -0.2) is 29.3 Å². The Bertz CT molecular complexity index is 843. The maximum Gasteiger partial charge on any atom is 0.278 e. The van der Waals surface area contributed by atoms with Crippen molar-refractivity contribution in [3.63, 3.8) is 0 Å². The average molecular weight is 438 g/mol. The Labute approximate surface area is 161 Å². The van der Waals surface area contributed by atoms with Gasteiger partial charge in [-0.15, -0.1) is 5.10 Å². The summed E-state index contributed by atoms with van der Waals surface area (Å²) in [6.07, 6.45) is 0. The third-order valence-corrected chi connectivity index (χ3v) is 4.76. The van der Waals surface area contributed by atoms with Gasteiger partial charge in [-0.2, -0.15) is 0 Å². The molecule has 0 radical (unpaired) electrons. The lowest BCUT2D eigenvalue weighted by Crippen LogP contribution is -2.32. The van der Waals surface area contributed by atoms with Gasteiger partial charge in [-0.3, -0.25) is 14.5 Å². The predicted octanol–water partition coefficient (Wildman–Crippen LogP) is 3.13. The topological polar surface area (TPSA) is 71.0 Å². The number of halogens is 2. The van der Waals surface area contributed by atoms with Crippen molar-refractivity contribution in [2.24, 2.45) is 5.10 Å². The van der Waals surface area contributed by atoms with Crippen LogP contribution in [0.3, 0.4) is 0 Å². The van der Waals surface area contributed by atoms with Gasteiger partial charge in [0.25, 0.3) is 5.91 Å². The zero-order valence-corrected chi connectivity index (χ0v) is 15.7. The number of anilines is 1. The Morgan fingerprint density at radius 1 is 1.23 bits per heavy atom. The van der Waals surface area contributed by atoms with E-state index >= 15 is 0 Å². The lowest BCUT2D eigenvalue weighted by Gasteiger charge is -2.15. The van der Waals surface area contributed by atoms with Gasteiger partial charge in [0, 0.05) is 4.47 Å². The van der Waals surface area contributed by atoms with E-state index in [1.54, 1.807) is 24.3 Å². The van der Waals surface area contributed by atoms with Crippen LogP contribution in [-0.2, 0) is 9.59 Å². The number of ether oxygens (including phenoxy) is 1. The maximum absolute atomic E-state index is 13.1. The molecule has 2 aromatic rings. The smallest absolute Gasteiger partial charge is 0.278 e. The molecule has 1 N–H and O–H groups in total. The summed E-state index contributed by atoms with van der Waals surface area (Å²) in [5.74, 6) is -0.305. The lowest BCUT2D eigenvalue weighted by molar-refractivity contribution is -0.123. The number of hydrogen-bond acceptors (Lipinski definition) is 5. The first-order chi connectivity index (χ1) is 12.5. The average Bonchev–Trinajstić information content (AvgIpc) is 3.01. The van der Waals surface area contributed by atoms with E-state index in [9.17, 15) is 14.0 Å². The van der Waals surface area contributed by atoms with Crippen molar-refractivity contribution in [2.45, 2.75) is 0 Å². The first kappa shape index (κ1) is 18.4. The van der Waals surface area contributed by atoms with E-state index < -0.39 is 11.7 Å². The number of carbonyl (C=O) groups excluding carboxylic acids is 2. The molecule has 2 aromatic carbocycles. The molecule has 2 amide bonds. The zero-order chi connectivity index (χ0) is 18.5. The molecule has 1 heterocycles. The molecule has 1 saturated heterocycles. The van der Waals surface area contributed by atoms with Gasteiger partial charge in [0.1, 0.15) is 11.6 Å². The summed E-state index contributed by atoms with van der Waals surface area (Å²) in [4.78, 5) is 25.3. The van der Waals surface area contributed by atoms with Gasteiger partial charge < -0.3 is 4.74 Å². The molecule has 0 aliphatic carbocycles. The Balaban J connectivity index is 1.61. The second-order valence-corrected chi connectivity index (χ2v) is 7.02. The second-order valence-electron chi connectivity index (χ2n) is 5.17. The molecule has 6 nitrogen and oxygen atoms in total. The van der Waals surface area contributed by atoms with Gasteiger partial charge in [-0.25, -0.2) is 9.82 Å². The second kappa shape index (κ2) is 8.33. The minimum atomic E-state index is -0.459. The molecule has 0 bridgehead atoms. The van der Waals surface area contributed by atoms with Crippen LogP contribution in [0.1, 0.15) is 0 Å². The molecule has 1 aliphatic heterocycles. The molecule has 9 heteroatoms. The monoisotopic (exact) mass is 437 g/mol. The van der Waals surface area contributed by atoms with Crippen molar-refractivity contribution in [2.75, 3.05) is 17.3 Å². The molecular formula is C17H13BrFN3O3S. The van der Waals surface area contributed by atoms with Gasteiger partial charge >= 0.3 is 0 Å². The summed E-state index contributed by atoms with van der Waals surface area (Å²) in [7, 11) is 0. The number of amides is 2. The highest BCUT2D eigenvalue weighted by molar-refractivity contribution is 9.10. The summed E-state index contributed by atoms with van der Waals surface area (Å²) in [5.41, 5.74) is 2.85. The predicted molar refractivity (Wildman–Crippen MR) is 102 cm³/mol. The first-order valence-electron chi connectivity index (χ1n) is 7.49. The van der Waals surface area contributed by atoms with E-state index in [0.29, 0.717) is 16.6 Å². The normalized spacial score (nSPS) is 15.4. The fraction of sp³-hybridized carbons (Fsp3) is 0.118. The number of hydrazone groups is 1. The molecule has 1 fully saturated rings. The number of thioether (sulfide) groups is 1. The van der Waals surface area contributed by atoms with Crippen molar-refractivity contribution in [3.05, 3.63) is 58.8 Å². The highest BCUT2D eigenvalue weighted by atomic mass is 79.9. The zero-order valence-electron chi connectivity index (χ0n) is 13.3. The van der Waals surface area contributed by atoms with Crippen molar-refractivity contribution in [1.82, 2.24) is 5.43 Å². The molecule has 0 aromatic heterocycles. The Kier molecular flexibility index (Phi) is 5.89. The molecule has 1 aliphatic rings. The Morgan fingerprint density at radius 3 is 2.62 bits per heavy atom. The van der Waals surface area contributed by atoms with Crippen LogP contribution in [0.15, 0.2) is 58.1 Å². The highest BCUT2D eigenvalue weighted by Gasteiger charge is 2.30. The van der Waals surface area contributed by atoms with E-state index in [1.165, 1.54) is 40.9 Å². The number of carbonyl (C=O) groups is 2. The largest absolute Gasteiger partial charge is 0.484 e. The van der Waals surface area contributed by atoms with E-state index in [1.807, 2.05) is 0 Å². The summed E-state index contributed by atoms with van der Waals surface area (Å²) in [5, 5.41) is 4.30. The van der Waals surface area contributed by atoms with Crippen LogP contribution in [0.5, 0.6) is 5.75 Å². The molecular weight excluding hydrogens is 425 g/mol. The minimum absolute atomic E-state index is 0.194. The van der Waals surface area contributed by atoms with Crippen molar-refractivity contribution in [1.29, 1.82) is 0 Å². The quantitative estimate of drug-likeness (QED) is 0.729. The number of benzene rings is 2. The van der Waals surface area contributed by atoms with Crippen LogP contribution in [0, 0.1) is 5.82 Å². The standard InChI is InChI=1S/C17H13BrFN3O3S/c18-11-1-7-14(8-2-11)25-9-15(23)20-21-17-22(16(24)10-26-17)13-5-3-12(19)4-6-13/h1-8H,9-10H2,(H,20,23)/b21-17+. The molecule has 0 unspecified atom stereocenters. The number of rotatable bonds is 5. The SMILES string of the molecule is O=C(COc1ccc(Br)cc1)N/N=C1/SCC(=O)N1c1ccc(F)cc1. The first-order valence-corrected chi connectivity index (χ1v) is 9.27. The molecule has 3 rings (SSSR count). The van der Waals surface area contributed by atoms with E-state index in [0.717, 1.165) is 4.47 Å². The fourth-order valence-electron chi connectivity index (χ4n) is 2.11. The van der Waals surface area contributed by atoms with Crippen LogP contribution in [0.25, 0.3) is 0 Å². The lowest BCUT2D eigenvalue weighted by atomic mass is 10.3. The fourth-order valence-corrected chi connectivity index (χ4v) is 3.20. The van der Waals surface area contributed by atoms with Gasteiger partial charge in [-0.1, -0.05) is 27.7 Å². The van der Waals surface area contributed by atoms with Gasteiger partial charge in [0.15, 0.2) is 11.8 Å². The van der Waals surface area contributed by atoms with E-state index in [2.05, 4.69) is 26.5 Å². The summed E-state index contributed by atoms with van der Waals surface area (Å²) in [6.45, 7) is -0.215. The molecule has 26 heavy (non-hydrogen) atoms. The summed E-state index contributed by atoms with van der Waals surface area (Å²) >= 11 is 4.50. The Hall–Kier alpha value is -2.39. The van der Waals surface area contributed by atoms with Crippen LogP contribution < -0.4 is 15.1 Å². The molecule has 0 atom stereocenters. The number of nitrogens with one attached hydrogen (secondary N) is 1. The van der Waals surface area contributed by atoms with Crippen LogP contribution in [0.4, 0.5) is 10.1 Å². The number of amidine groups is 1. The third kappa shape index (κ3) is 4.61. The number of hydrogen-bond donors (Lipinski definition) is 1. The minimum Gasteiger partial charge on any atom is -0.484 e. The highest BCUT2D eigenvalue weighted by Crippen LogP contribution is 2.26. The van der Waals surface area contributed by atoms with Crippen LogP contribution >= 0.6 is 27.7 Å². The van der Waals surface area contributed by atoms with Crippen molar-refractivity contribution in [3.8, 4) is 5.75 Å². The molecule has 0 spiro atoms.